The van der Waals surface area contributed by atoms with Crippen LogP contribution in [0, 0.1) is 5.41 Å². The molecule has 0 amide bonds. The largest absolute Gasteiger partial charge is 1.00 e. The van der Waals surface area contributed by atoms with Crippen molar-refractivity contribution < 1.29 is 61.9 Å². The molecule has 32 heavy (non-hydrogen) atoms. The Labute approximate surface area is 204 Å². The van der Waals surface area contributed by atoms with E-state index in [-0.39, 0.29) is 63.4 Å². The second-order valence-electron chi connectivity index (χ2n) is 7.58. The minimum absolute atomic E-state index is 0. The van der Waals surface area contributed by atoms with E-state index in [1.807, 2.05) is 6.92 Å². The maximum absolute atomic E-state index is 12.9. The molecule has 1 N–H and O–H groups in total. The normalized spacial score (nSPS) is 11.1. The van der Waals surface area contributed by atoms with Crippen molar-refractivity contribution in [3.63, 3.8) is 0 Å². The van der Waals surface area contributed by atoms with Crippen LogP contribution >= 0.6 is 0 Å². The Morgan fingerprint density at radius 1 is 0.906 bits per heavy atom. The monoisotopic (exact) mass is 470 g/mol. The zero-order valence-electron chi connectivity index (χ0n) is 20.6. The fraction of sp³-hybridized carbons (Fsp3) is 0.667. The zero-order valence-corrected chi connectivity index (χ0v) is 20.4. The van der Waals surface area contributed by atoms with Gasteiger partial charge in [0.25, 0.3) is 10.1 Å². The van der Waals surface area contributed by atoms with Gasteiger partial charge in [-0.1, -0.05) is 39.3 Å². The Morgan fingerprint density at radius 2 is 1.38 bits per heavy atom. The molecule has 0 rings (SSSR count). The Kier molecular flexibility index (Phi) is 16.4. The minimum Gasteiger partial charge on any atom is -1.00 e. The van der Waals surface area contributed by atoms with Crippen LogP contribution in [-0.2, 0) is 38.7 Å². The summed E-state index contributed by atoms with van der Waals surface area (Å²) < 4.78 is 45.8. The van der Waals surface area contributed by atoms with Gasteiger partial charge in [-0.15, -0.1) is 0 Å². The van der Waals surface area contributed by atoms with Crippen molar-refractivity contribution in [2.45, 2.75) is 59.3 Å². The zero-order chi connectivity index (χ0) is 24.1. The van der Waals surface area contributed by atoms with Crippen molar-refractivity contribution in [1.29, 1.82) is 0 Å². The van der Waals surface area contributed by atoms with Crippen LogP contribution in [0.15, 0.2) is 24.3 Å². The molecule has 11 heteroatoms. The molecule has 180 valence electrons. The van der Waals surface area contributed by atoms with Gasteiger partial charge in [0, 0.05) is 11.1 Å². The molecule has 9 nitrogen and oxygen atoms in total. The molecule has 0 aromatic rings. The Bertz CT molecular complexity index is 736. The number of unbranched alkanes of at least 4 members (excludes halogenated alkanes) is 3. The second kappa shape index (κ2) is 16.1. The fourth-order valence-electron chi connectivity index (χ4n) is 2.60. The topological polar surface area (TPSA) is 133 Å². The summed E-state index contributed by atoms with van der Waals surface area (Å²) in [5.74, 6) is -2.30. The summed E-state index contributed by atoms with van der Waals surface area (Å²) in [4.78, 5) is 36.6. The Hall–Kier alpha value is -1.60. The van der Waals surface area contributed by atoms with Crippen molar-refractivity contribution in [3.8, 4) is 0 Å². The molecule has 0 aliphatic heterocycles. The van der Waals surface area contributed by atoms with E-state index in [4.69, 9.17) is 18.8 Å². The van der Waals surface area contributed by atoms with Crippen LogP contribution in [-0.4, -0.2) is 56.5 Å². The van der Waals surface area contributed by atoms with Gasteiger partial charge >= 0.3 is 36.8 Å². The molecule has 0 fully saturated rings. The first-order valence-corrected chi connectivity index (χ1v) is 11.7. The molecule has 0 aliphatic carbocycles. The van der Waals surface area contributed by atoms with E-state index in [0.29, 0.717) is 32.1 Å². The number of ether oxygens (including phenoxy) is 3. The maximum Gasteiger partial charge on any atom is 1.00 e. The summed E-state index contributed by atoms with van der Waals surface area (Å²) >= 11 is 0. The fourth-order valence-corrected chi connectivity index (χ4v) is 3.17. The first-order valence-electron chi connectivity index (χ1n) is 10.1. The Morgan fingerprint density at radius 3 is 1.78 bits per heavy atom. The number of hydrogen-bond donors (Lipinski definition) is 1. The number of rotatable bonds is 16. The molecule has 0 unspecified atom stereocenters. The van der Waals surface area contributed by atoms with Crippen molar-refractivity contribution >= 4 is 28.0 Å². The van der Waals surface area contributed by atoms with Gasteiger partial charge in [0.2, 0.25) is 0 Å². The third kappa shape index (κ3) is 13.7. The van der Waals surface area contributed by atoms with E-state index >= 15 is 0 Å². The van der Waals surface area contributed by atoms with Gasteiger partial charge in [0.1, 0.15) is 18.6 Å². The summed E-state index contributed by atoms with van der Waals surface area (Å²) in [5, 5.41) is 0. The molecule has 0 atom stereocenters. The summed E-state index contributed by atoms with van der Waals surface area (Å²) in [5.41, 5.74) is -1.03. The quantitative estimate of drug-likeness (QED) is 0.0834. The molecule has 0 aliphatic rings. The molecule has 0 radical (unpaired) electrons. The third-order valence-corrected chi connectivity index (χ3v) is 5.15. The van der Waals surface area contributed by atoms with Crippen molar-refractivity contribution in [3.05, 3.63) is 24.3 Å². The summed E-state index contributed by atoms with van der Waals surface area (Å²) in [6.07, 6.45) is 2.73. The van der Waals surface area contributed by atoms with Crippen LogP contribution in [0.2, 0.25) is 0 Å². The van der Waals surface area contributed by atoms with Gasteiger partial charge in [-0.2, -0.15) is 8.42 Å². The standard InChI is InChI=1S/C21H34O9S.Li.H/c1-6-11-21(14-29-18(22)16(2)3,15-30-19(23)17(4)5)20(24)28-12-9-7-8-10-13-31(25,26)27;;/h2,4,6-15H2,1,3,5H3,(H,25,26,27);;/q;+1;-1. The van der Waals surface area contributed by atoms with Gasteiger partial charge in [0.05, 0.1) is 12.4 Å². The van der Waals surface area contributed by atoms with E-state index < -0.39 is 33.4 Å². The first-order chi connectivity index (χ1) is 14.3. The molecule has 0 aromatic heterocycles. The van der Waals surface area contributed by atoms with E-state index in [2.05, 4.69) is 13.2 Å². The van der Waals surface area contributed by atoms with Crippen molar-refractivity contribution in [2.75, 3.05) is 25.6 Å². The molecular formula is C21H35LiO9S. The van der Waals surface area contributed by atoms with Gasteiger partial charge in [-0.3, -0.25) is 9.35 Å². The smallest absolute Gasteiger partial charge is 1.00 e. The van der Waals surface area contributed by atoms with Crippen LogP contribution in [0.5, 0.6) is 0 Å². The first kappa shape index (κ1) is 32.6. The van der Waals surface area contributed by atoms with E-state index in [1.165, 1.54) is 13.8 Å². The van der Waals surface area contributed by atoms with Gasteiger partial charge in [-0.25, -0.2) is 9.59 Å². The van der Waals surface area contributed by atoms with E-state index in [9.17, 15) is 22.8 Å². The van der Waals surface area contributed by atoms with Crippen LogP contribution < -0.4 is 18.9 Å². The predicted octanol–water partition coefficient (Wildman–Crippen LogP) is 0.119. The summed E-state index contributed by atoms with van der Waals surface area (Å²) in [7, 11) is -3.98. The summed E-state index contributed by atoms with van der Waals surface area (Å²) in [6, 6.07) is 0. The number of esters is 3. The number of carbonyl (C=O) groups excluding carboxylic acids is 3. The van der Waals surface area contributed by atoms with Crippen molar-refractivity contribution in [1.82, 2.24) is 0 Å². The minimum atomic E-state index is -3.98. The van der Waals surface area contributed by atoms with E-state index in [0.717, 1.165) is 0 Å². The van der Waals surface area contributed by atoms with E-state index in [1.54, 1.807) is 0 Å². The SMILES string of the molecule is C=C(C)C(=O)OCC(CCC)(COC(=O)C(=C)C)C(=O)OCCCCCCS(=O)(=O)O.[H-].[Li+]. The predicted molar refractivity (Wildman–Crippen MR) is 116 cm³/mol. The molecule has 0 aromatic carbocycles. The maximum atomic E-state index is 12.9. The van der Waals surface area contributed by atoms with Crippen molar-refractivity contribution in [2.24, 2.45) is 5.41 Å². The second-order valence-corrected chi connectivity index (χ2v) is 9.15. The number of carbonyl (C=O) groups is 3. The molecule has 0 bridgehead atoms. The van der Waals surface area contributed by atoms with Gasteiger partial charge in [-0.05, 0) is 33.1 Å². The molecular weight excluding hydrogens is 435 g/mol. The third-order valence-electron chi connectivity index (χ3n) is 4.35. The molecule has 0 saturated heterocycles. The Balaban J connectivity index is -0.00000450. The molecule has 0 spiro atoms. The van der Waals surface area contributed by atoms with Crippen LogP contribution in [0.25, 0.3) is 0 Å². The number of hydrogen-bond acceptors (Lipinski definition) is 8. The average Bonchev–Trinajstić information content (AvgIpc) is 2.67. The molecule has 0 heterocycles. The molecule has 0 saturated carbocycles. The van der Waals surface area contributed by atoms with Crippen LogP contribution in [0.3, 0.4) is 0 Å². The van der Waals surface area contributed by atoms with Crippen LogP contribution in [0.4, 0.5) is 0 Å². The van der Waals surface area contributed by atoms with Gasteiger partial charge in [0.15, 0.2) is 0 Å². The average molecular weight is 471 g/mol. The van der Waals surface area contributed by atoms with Gasteiger partial charge < -0.3 is 15.6 Å². The van der Waals surface area contributed by atoms with Crippen LogP contribution in [0.1, 0.15) is 60.7 Å². The summed E-state index contributed by atoms with van der Waals surface area (Å²) in [6.45, 7) is 11.2.